The van der Waals surface area contributed by atoms with E-state index in [1.807, 2.05) is 31.3 Å². The molecule has 4 heterocycles. The smallest absolute Gasteiger partial charge is 0.223 e. The second kappa shape index (κ2) is 10.3. The van der Waals surface area contributed by atoms with Crippen molar-refractivity contribution in [1.29, 1.82) is 0 Å². The Bertz CT molecular complexity index is 1470. The number of fused-ring (bicyclic) bond motifs is 1. The zero-order valence-electron chi connectivity index (χ0n) is 21.1. The third-order valence-electron chi connectivity index (χ3n) is 7.58. The summed E-state index contributed by atoms with van der Waals surface area (Å²) in [7, 11) is 0. The molecule has 7 heteroatoms. The van der Waals surface area contributed by atoms with E-state index in [0.29, 0.717) is 0 Å². The summed E-state index contributed by atoms with van der Waals surface area (Å²) in [6.45, 7) is 3.87. The number of pyridine rings is 2. The molecule has 1 aliphatic carbocycles. The number of imidazole rings is 1. The molecular weight excluding hydrogens is 460 g/mol. The average molecular weight is 493 g/mol. The van der Waals surface area contributed by atoms with Gasteiger partial charge in [0.25, 0.3) is 0 Å². The first-order chi connectivity index (χ1) is 18.1. The van der Waals surface area contributed by atoms with Crippen molar-refractivity contribution in [2.24, 2.45) is 5.92 Å². The van der Waals surface area contributed by atoms with E-state index in [0.717, 1.165) is 90.0 Å². The van der Waals surface area contributed by atoms with Crippen molar-refractivity contribution < 1.29 is 4.79 Å². The van der Waals surface area contributed by atoms with Crippen LogP contribution >= 0.6 is 0 Å². The highest BCUT2D eigenvalue weighted by atomic mass is 16.1. The van der Waals surface area contributed by atoms with E-state index in [-0.39, 0.29) is 17.9 Å². The van der Waals surface area contributed by atoms with Crippen LogP contribution in [0.4, 0.5) is 0 Å². The lowest BCUT2D eigenvalue weighted by molar-refractivity contribution is -0.126. The molecule has 1 aliphatic heterocycles. The van der Waals surface area contributed by atoms with Crippen LogP contribution in [0.25, 0.3) is 39.1 Å². The van der Waals surface area contributed by atoms with Gasteiger partial charge in [-0.05, 0) is 93.6 Å². The lowest BCUT2D eigenvalue weighted by atomic mass is 9.90. The topological polar surface area (TPSA) is 95.6 Å². The Labute approximate surface area is 216 Å². The Morgan fingerprint density at radius 2 is 1.89 bits per heavy atom. The maximum absolute atomic E-state index is 12.6. The Hall–Kier alpha value is -3.84. The standard InChI is InChI=1S/C30H32N6O/c1-19-3-2-4-27(35-19)29-28(33-18-34-29)22-7-10-26-23(15-22)16-24(17-32-26)20-5-8-25(9-6-20)36-30(37)21-11-13-31-14-12-21/h2-5,7,10,15-18,21,25,31H,6,8-9,11-14H2,1H3,(H,33,34)(H,36,37)/t25-/m0/s1. The summed E-state index contributed by atoms with van der Waals surface area (Å²) in [6, 6.07) is 14.7. The van der Waals surface area contributed by atoms with Crippen molar-refractivity contribution in [3.8, 4) is 22.6 Å². The minimum atomic E-state index is 0.155. The third kappa shape index (κ3) is 5.04. The van der Waals surface area contributed by atoms with Gasteiger partial charge in [-0.1, -0.05) is 18.2 Å². The van der Waals surface area contributed by atoms with Gasteiger partial charge in [-0.15, -0.1) is 0 Å². The summed E-state index contributed by atoms with van der Waals surface area (Å²) < 4.78 is 0. The van der Waals surface area contributed by atoms with Gasteiger partial charge in [-0.25, -0.2) is 4.98 Å². The highest BCUT2D eigenvalue weighted by molar-refractivity contribution is 5.89. The highest BCUT2D eigenvalue weighted by Gasteiger charge is 2.24. The van der Waals surface area contributed by atoms with E-state index in [1.165, 1.54) is 5.57 Å². The van der Waals surface area contributed by atoms with Crippen LogP contribution in [0.3, 0.4) is 0 Å². The molecule has 1 aromatic carbocycles. The number of allylic oxidation sites excluding steroid dienone is 1. The number of aromatic nitrogens is 4. The number of benzene rings is 1. The molecule has 0 bridgehead atoms. The van der Waals surface area contributed by atoms with Crippen LogP contribution < -0.4 is 10.6 Å². The second-order valence-corrected chi connectivity index (χ2v) is 10.2. The van der Waals surface area contributed by atoms with E-state index in [9.17, 15) is 4.79 Å². The molecule has 0 unspecified atom stereocenters. The summed E-state index contributed by atoms with van der Waals surface area (Å²) >= 11 is 0. The minimum Gasteiger partial charge on any atom is -0.353 e. The first kappa shape index (κ1) is 23.6. The van der Waals surface area contributed by atoms with Gasteiger partial charge in [-0.3, -0.25) is 14.8 Å². The van der Waals surface area contributed by atoms with Crippen molar-refractivity contribution in [2.45, 2.75) is 45.1 Å². The highest BCUT2D eigenvalue weighted by Crippen LogP contribution is 2.32. The molecule has 188 valence electrons. The molecule has 0 spiro atoms. The number of piperidine rings is 1. The van der Waals surface area contributed by atoms with Crippen molar-refractivity contribution in [2.75, 3.05) is 13.1 Å². The number of aryl methyl sites for hydroxylation is 1. The maximum Gasteiger partial charge on any atom is 0.223 e. The number of hydrogen-bond acceptors (Lipinski definition) is 5. The van der Waals surface area contributed by atoms with Crippen molar-refractivity contribution in [3.63, 3.8) is 0 Å². The number of hydrogen-bond donors (Lipinski definition) is 3. The van der Waals surface area contributed by atoms with Gasteiger partial charge in [0.05, 0.1) is 28.9 Å². The lowest BCUT2D eigenvalue weighted by Crippen LogP contribution is -2.43. The van der Waals surface area contributed by atoms with Crippen LogP contribution in [0.5, 0.6) is 0 Å². The molecule has 3 N–H and O–H groups in total. The van der Waals surface area contributed by atoms with E-state index in [2.05, 4.69) is 55.9 Å². The number of nitrogens with one attached hydrogen (secondary N) is 3. The van der Waals surface area contributed by atoms with Gasteiger partial charge in [-0.2, -0.15) is 0 Å². The first-order valence-electron chi connectivity index (χ1n) is 13.2. The van der Waals surface area contributed by atoms with Gasteiger partial charge in [0.15, 0.2) is 0 Å². The van der Waals surface area contributed by atoms with Gasteiger partial charge < -0.3 is 15.6 Å². The fourth-order valence-electron chi connectivity index (χ4n) is 5.48. The number of carbonyl (C=O) groups is 1. The summed E-state index contributed by atoms with van der Waals surface area (Å²) in [6.07, 6.45) is 10.6. The van der Waals surface area contributed by atoms with Gasteiger partial charge >= 0.3 is 0 Å². The quantitative estimate of drug-likeness (QED) is 0.362. The predicted molar refractivity (Wildman–Crippen MR) is 147 cm³/mol. The molecule has 3 aromatic heterocycles. The molecule has 0 saturated carbocycles. The summed E-state index contributed by atoms with van der Waals surface area (Å²) in [4.78, 5) is 29.9. The van der Waals surface area contributed by atoms with Crippen LogP contribution in [-0.2, 0) is 4.79 Å². The van der Waals surface area contributed by atoms with Gasteiger partial charge in [0.2, 0.25) is 5.91 Å². The zero-order valence-corrected chi connectivity index (χ0v) is 21.1. The van der Waals surface area contributed by atoms with Crippen LogP contribution in [0, 0.1) is 12.8 Å². The Balaban J connectivity index is 1.21. The van der Waals surface area contributed by atoms with Gasteiger partial charge in [0, 0.05) is 34.8 Å². The number of rotatable bonds is 5. The minimum absolute atomic E-state index is 0.155. The zero-order chi connectivity index (χ0) is 25.2. The fraction of sp³-hybridized carbons (Fsp3) is 0.333. The molecule has 1 saturated heterocycles. The molecule has 6 rings (SSSR count). The normalized spacial score (nSPS) is 18.5. The van der Waals surface area contributed by atoms with Crippen molar-refractivity contribution in [1.82, 2.24) is 30.6 Å². The maximum atomic E-state index is 12.6. The largest absolute Gasteiger partial charge is 0.353 e. The van der Waals surface area contributed by atoms with Crippen LogP contribution in [-0.4, -0.2) is 45.0 Å². The Morgan fingerprint density at radius 3 is 2.70 bits per heavy atom. The van der Waals surface area contributed by atoms with Gasteiger partial charge in [0.1, 0.15) is 0 Å². The summed E-state index contributed by atoms with van der Waals surface area (Å²) in [5, 5.41) is 7.71. The van der Waals surface area contributed by atoms with Crippen LogP contribution in [0.1, 0.15) is 43.4 Å². The first-order valence-corrected chi connectivity index (χ1v) is 13.2. The molecule has 2 aliphatic rings. The average Bonchev–Trinajstić information content (AvgIpc) is 3.44. The monoisotopic (exact) mass is 492 g/mol. The molecule has 7 nitrogen and oxygen atoms in total. The van der Waals surface area contributed by atoms with E-state index >= 15 is 0 Å². The Morgan fingerprint density at radius 1 is 1.03 bits per heavy atom. The van der Waals surface area contributed by atoms with Crippen LogP contribution in [0.15, 0.2) is 61.1 Å². The molecular formula is C30H32N6O. The SMILES string of the molecule is Cc1cccc(-c2[nH]cnc2-c2ccc3ncc(C4=CC[C@H](NC(=O)C5CCNCC5)CC4)cc3c2)n1. The van der Waals surface area contributed by atoms with Crippen molar-refractivity contribution >= 4 is 22.4 Å². The molecule has 0 radical (unpaired) electrons. The molecule has 37 heavy (non-hydrogen) atoms. The molecule has 4 aromatic rings. The third-order valence-corrected chi connectivity index (χ3v) is 7.58. The number of amides is 1. The molecule has 1 amide bonds. The molecule has 1 atom stereocenters. The van der Waals surface area contributed by atoms with E-state index < -0.39 is 0 Å². The number of carbonyl (C=O) groups excluding carboxylic acids is 1. The van der Waals surface area contributed by atoms with E-state index in [4.69, 9.17) is 4.98 Å². The number of nitrogens with zero attached hydrogens (tertiary/aromatic N) is 3. The van der Waals surface area contributed by atoms with Crippen LogP contribution in [0.2, 0.25) is 0 Å². The van der Waals surface area contributed by atoms with Crippen molar-refractivity contribution in [3.05, 3.63) is 72.3 Å². The fourth-order valence-corrected chi connectivity index (χ4v) is 5.48. The lowest BCUT2D eigenvalue weighted by Gasteiger charge is -2.27. The molecule has 1 fully saturated rings. The Kier molecular flexibility index (Phi) is 6.53. The summed E-state index contributed by atoms with van der Waals surface area (Å²) in [5.41, 5.74) is 8.10. The number of H-pyrrole nitrogens is 1. The number of aromatic amines is 1. The van der Waals surface area contributed by atoms with E-state index in [1.54, 1.807) is 6.33 Å². The predicted octanol–water partition coefficient (Wildman–Crippen LogP) is 5.05. The summed E-state index contributed by atoms with van der Waals surface area (Å²) in [5.74, 6) is 0.379. The second-order valence-electron chi connectivity index (χ2n) is 10.2.